The van der Waals surface area contributed by atoms with Crippen molar-refractivity contribution in [2.45, 2.75) is 0 Å². The summed E-state index contributed by atoms with van der Waals surface area (Å²) in [6.45, 7) is 0. The second-order valence-corrected chi connectivity index (χ2v) is 17.9. The van der Waals surface area contributed by atoms with Crippen molar-refractivity contribution < 1.29 is 4.42 Å². The number of hydrogen-bond acceptors (Lipinski definition) is 4. The molecule has 14 aromatic rings. The highest BCUT2D eigenvalue weighted by Gasteiger charge is 2.23. The van der Waals surface area contributed by atoms with E-state index in [1.54, 1.807) is 0 Å². The fourth-order valence-corrected chi connectivity index (χ4v) is 10.6. The molecule has 0 aliphatic carbocycles. The van der Waals surface area contributed by atoms with E-state index in [2.05, 4.69) is 223 Å². The van der Waals surface area contributed by atoms with Crippen LogP contribution in [0.5, 0.6) is 0 Å². The van der Waals surface area contributed by atoms with E-state index in [9.17, 15) is 0 Å². The average Bonchev–Trinajstić information content (AvgIpc) is 3.97. The lowest BCUT2D eigenvalue weighted by Gasteiger charge is -2.17. The maximum atomic E-state index is 6.40. The van der Waals surface area contributed by atoms with Gasteiger partial charge in [0.25, 0.3) is 0 Å². The third-order valence-electron chi connectivity index (χ3n) is 13.9. The van der Waals surface area contributed by atoms with E-state index in [0.717, 1.165) is 88.7 Å². The van der Waals surface area contributed by atoms with Crippen LogP contribution in [0.15, 0.2) is 247 Å². The van der Waals surface area contributed by atoms with Gasteiger partial charge < -0.3 is 8.98 Å². The predicted octanol–water partition coefficient (Wildman–Crippen LogP) is 17.2. The second-order valence-electron chi connectivity index (χ2n) is 17.9. The highest BCUT2D eigenvalue weighted by Crippen LogP contribution is 2.43. The van der Waals surface area contributed by atoms with Crippen molar-refractivity contribution in [3.63, 3.8) is 0 Å². The molecule has 0 amide bonds. The Morgan fingerprint density at radius 2 is 0.814 bits per heavy atom. The highest BCUT2D eigenvalue weighted by atomic mass is 16.3. The summed E-state index contributed by atoms with van der Waals surface area (Å²) in [6, 6.07) is 85.9. The molecule has 0 saturated carbocycles. The molecule has 3 heterocycles. The van der Waals surface area contributed by atoms with E-state index < -0.39 is 0 Å². The van der Waals surface area contributed by atoms with Crippen molar-refractivity contribution in [2.24, 2.45) is 0 Å². The van der Waals surface area contributed by atoms with Gasteiger partial charge in [-0.25, -0.2) is 15.0 Å². The standard InChI is InChI=1S/C65H40N4O/c1-3-17-41(18-4-1)48-24-11-13-28-53(48)63-66-64(54-29-14-12-25-49(54)42-19-5-2-6-20-42)68-65(67-63)55-35-33-47(40-56(55)46-32-36-61-58(38-46)51-27-15-16-30-60(51)70-61)69-59-39-45-23-8-7-22-44(45)37-57(59)52-34-31-43-21-9-10-26-50(43)62(52)69/h1-40H. The summed E-state index contributed by atoms with van der Waals surface area (Å²) in [6.07, 6.45) is 0. The topological polar surface area (TPSA) is 56.7 Å². The van der Waals surface area contributed by atoms with Crippen LogP contribution in [0.1, 0.15) is 0 Å². The molecule has 0 bridgehead atoms. The molecule has 0 aliphatic heterocycles. The molecular weight excluding hydrogens is 853 g/mol. The Labute approximate surface area is 403 Å². The van der Waals surface area contributed by atoms with E-state index >= 15 is 0 Å². The van der Waals surface area contributed by atoms with Crippen LogP contribution >= 0.6 is 0 Å². The number of benzene rings is 11. The van der Waals surface area contributed by atoms with Crippen molar-refractivity contribution in [3.05, 3.63) is 243 Å². The van der Waals surface area contributed by atoms with E-state index in [0.29, 0.717) is 17.5 Å². The minimum Gasteiger partial charge on any atom is -0.456 e. The van der Waals surface area contributed by atoms with Crippen molar-refractivity contribution >= 4 is 65.3 Å². The Bertz CT molecular complexity index is 4260. The smallest absolute Gasteiger partial charge is 0.164 e. The van der Waals surface area contributed by atoms with E-state index in [-0.39, 0.29) is 0 Å². The van der Waals surface area contributed by atoms with E-state index in [1.807, 2.05) is 24.3 Å². The number of fused-ring (bicyclic) bond motifs is 9. The molecule has 11 aromatic carbocycles. The zero-order valence-electron chi connectivity index (χ0n) is 37.8. The Kier molecular flexibility index (Phi) is 9.14. The van der Waals surface area contributed by atoms with Crippen LogP contribution in [0.25, 0.3) is 139 Å². The normalized spacial score (nSPS) is 11.7. The van der Waals surface area contributed by atoms with Crippen molar-refractivity contribution in [1.82, 2.24) is 19.5 Å². The molecule has 0 spiro atoms. The van der Waals surface area contributed by atoms with Gasteiger partial charge in [-0.1, -0.05) is 194 Å². The van der Waals surface area contributed by atoms with Gasteiger partial charge >= 0.3 is 0 Å². The summed E-state index contributed by atoms with van der Waals surface area (Å²) < 4.78 is 8.85. The summed E-state index contributed by atoms with van der Waals surface area (Å²) in [4.78, 5) is 16.4. The maximum absolute atomic E-state index is 6.40. The van der Waals surface area contributed by atoms with Crippen LogP contribution in [-0.2, 0) is 0 Å². The third-order valence-corrected chi connectivity index (χ3v) is 13.9. The summed E-state index contributed by atoms with van der Waals surface area (Å²) in [5.41, 5.74) is 14.0. The minimum absolute atomic E-state index is 0.572. The molecule has 5 nitrogen and oxygen atoms in total. The van der Waals surface area contributed by atoms with Crippen LogP contribution in [0.3, 0.4) is 0 Å². The number of rotatable bonds is 7. The average molecular weight is 893 g/mol. The first-order valence-electron chi connectivity index (χ1n) is 23.7. The van der Waals surface area contributed by atoms with Gasteiger partial charge in [0.2, 0.25) is 0 Å². The Balaban J connectivity index is 1.08. The lowest BCUT2D eigenvalue weighted by molar-refractivity contribution is 0.669. The van der Waals surface area contributed by atoms with E-state index in [4.69, 9.17) is 19.4 Å². The fraction of sp³-hybridized carbons (Fsp3) is 0. The lowest BCUT2D eigenvalue weighted by atomic mass is 9.95. The van der Waals surface area contributed by atoms with Gasteiger partial charge in [0.1, 0.15) is 11.2 Å². The van der Waals surface area contributed by atoms with Crippen LogP contribution < -0.4 is 0 Å². The summed E-state index contributed by atoms with van der Waals surface area (Å²) >= 11 is 0. The van der Waals surface area contributed by atoms with Crippen molar-refractivity contribution in [1.29, 1.82) is 0 Å². The molecule has 70 heavy (non-hydrogen) atoms. The summed E-state index contributed by atoms with van der Waals surface area (Å²) in [7, 11) is 0. The monoisotopic (exact) mass is 892 g/mol. The molecule has 0 saturated heterocycles. The zero-order valence-corrected chi connectivity index (χ0v) is 37.8. The summed E-state index contributed by atoms with van der Waals surface area (Å²) in [5, 5.41) is 9.31. The first kappa shape index (κ1) is 39.7. The maximum Gasteiger partial charge on any atom is 0.164 e. The number of furan rings is 1. The number of hydrogen-bond donors (Lipinski definition) is 0. The Morgan fingerprint density at radius 3 is 1.49 bits per heavy atom. The van der Waals surface area contributed by atoms with Gasteiger partial charge in [0.15, 0.2) is 17.5 Å². The number of nitrogens with zero attached hydrogens (tertiary/aromatic N) is 4. The molecule has 0 radical (unpaired) electrons. The fourth-order valence-electron chi connectivity index (χ4n) is 10.6. The van der Waals surface area contributed by atoms with Crippen LogP contribution in [0.4, 0.5) is 0 Å². The van der Waals surface area contributed by atoms with Crippen molar-refractivity contribution in [3.8, 4) is 73.2 Å². The Morgan fingerprint density at radius 1 is 0.286 bits per heavy atom. The molecular formula is C65H40N4O. The zero-order chi connectivity index (χ0) is 46.1. The molecule has 0 fully saturated rings. The summed E-state index contributed by atoms with van der Waals surface area (Å²) in [5.74, 6) is 1.76. The van der Waals surface area contributed by atoms with Crippen molar-refractivity contribution in [2.75, 3.05) is 0 Å². The molecule has 0 atom stereocenters. The largest absolute Gasteiger partial charge is 0.456 e. The van der Waals surface area contributed by atoms with Gasteiger partial charge in [0, 0.05) is 49.3 Å². The predicted molar refractivity (Wildman–Crippen MR) is 289 cm³/mol. The Hall–Kier alpha value is -9.45. The van der Waals surface area contributed by atoms with E-state index in [1.165, 1.54) is 32.3 Å². The minimum atomic E-state index is 0.572. The third kappa shape index (κ3) is 6.51. The number of aromatic nitrogens is 4. The van der Waals surface area contributed by atoms with Gasteiger partial charge in [0.05, 0.1) is 11.0 Å². The highest BCUT2D eigenvalue weighted by molar-refractivity contribution is 6.21. The molecule has 326 valence electrons. The molecule has 5 heteroatoms. The first-order valence-corrected chi connectivity index (χ1v) is 23.7. The van der Waals surface area contributed by atoms with Gasteiger partial charge in [-0.3, -0.25) is 0 Å². The molecule has 0 N–H and O–H groups in total. The van der Waals surface area contributed by atoms with Gasteiger partial charge in [-0.2, -0.15) is 0 Å². The molecule has 14 rings (SSSR count). The van der Waals surface area contributed by atoms with Crippen LogP contribution in [0.2, 0.25) is 0 Å². The SMILES string of the molecule is c1ccc(-c2ccccc2-c2nc(-c3ccccc3-c3ccccc3)nc(-c3ccc(-n4c5cc6ccccc6cc5c5ccc6ccccc6c54)cc3-c3ccc4oc5ccccc5c4c3)n2)cc1. The number of para-hydroxylation sites is 1. The van der Waals surface area contributed by atoms with Crippen LogP contribution in [-0.4, -0.2) is 19.5 Å². The molecule has 3 aromatic heterocycles. The second kappa shape index (κ2) is 16.1. The molecule has 0 aliphatic rings. The lowest BCUT2D eigenvalue weighted by Crippen LogP contribution is -2.03. The van der Waals surface area contributed by atoms with Gasteiger partial charge in [-0.15, -0.1) is 0 Å². The van der Waals surface area contributed by atoms with Crippen LogP contribution in [0, 0.1) is 0 Å². The van der Waals surface area contributed by atoms with Gasteiger partial charge in [-0.05, 0) is 98.1 Å². The quantitative estimate of drug-likeness (QED) is 0.160. The molecule has 0 unspecified atom stereocenters. The first-order chi connectivity index (χ1) is 34.7.